The van der Waals surface area contributed by atoms with Crippen molar-refractivity contribution in [3.05, 3.63) is 87.8 Å². The van der Waals surface area contributed by atoms with Crippen molar-refractivity contribution in [1.29, 1.82) is 0 Å². The number of anilines is 1. The van der Waals surface area contributed by atoms with Crippen LogP contribution in [0.4, 0.5) is 5.69 Å². The maximum atomic E-state index is 14.1. The molecule has 0 radical (unpaired) electrons. The van der Waals surface area contributed by atoms with Gasteiger partial charge in [0.15, 0.2) is 5.78 Å². The highest BCUT2D eigenvalue weighted by Crippen LogP contribution is 2.50. The summed E-state index contributed by atoms with van der Waals surface area (Å²) in [5.41, 5.74) is 21.6. The van der Waals surface area contributed by atoms with Gasteiger partial charge in [-0.2, -0.15) is 0 Å². The molecule has 3 unspecified atom stereocenters. The smallest absolute Gasteiger partial charge is 0.261 e. The van der Waals surface area contributed by atoms with E-state index in [1.165, 1.54) is 11.3 Å². The highest BCUT2D eigenvalue weighted by atomic mass is 32.1. The Labute approximate surface area is 230 Å². The van der Waals surface area contributed by atoms with Crippen molar-refractivity contribution >= 4 is 38.8 Å². The Kier molecular flexibility index (Phi) is 6.39. The number of hydrogen-bond donors (Lipinski definition) is 5. The predicted octanol–water partition coefficient (Wildman–Crippen LogP) is 3.85. The number of nitrogens with two attached hydrogens (primary N) is 3. The molecule has 4 aromatic rings. The van der Waals surface area contributed by atoms with Crippen molar-refractivity contribution in [3.8, 4) is 11.5 Å². The number of benzene rings is 3. The molecule has 39 heavy (non-hydrogen) atoms. The number of para-hydroxylation sites is 1. The molecule has 6 rings (SSSR count). The fourth-order valence-electron chi connectivity index (χ4n) is 5.82. The van der Waals surface area contributed by atoms with E-state index in [0.717, 1.165) is 24.9 Å². The summed E-state index contributed by atoms with van der Waals surface area (Å²) in [6.07, 6.45) is 2.10. The normalized spacial score (nSPS) is 22.3. The minimum atomic E-state index is -1.52. The SMILES string of the molecule is Cc1cc(Oc2ccccc2)ccc1C1(N)C(=O)C(N)c2c(C(=O)NCC3CCCN3)sc3c(N)ccc1c23. The molecule has 0 saturated carbocycles. The predicted molar refractivity (Wildman–Crippen MR) is 154 cm³/mol. The maximum absolute atomic E-state index is 14.1. The quantitative estimate of drug-likeness (QED) is 0.233. The molecule has 1 saturated heterocycles. The van der Waals surface area contributed by atoms with Crippen LogP contribution in [-0.2, 0) is 10.3 Å². The Hall–Kier alpha value is -3.76. The molecule has 8 nitrogen and oxygen atoms in total. The van der Waals surface area contributed by atoms with Crippen LogP contribution in [-0.4, -0.2) is 30.8 Å². The van der Waals surface area contributed by atoms with E-state index in [0.29, 0.717) is 55.4 Å². The van der Waals surface area contributed by atoms with Crippen LogP contribution in [0.5, 0.6) is 11.5 Å². The lowest BCUT2D eigenvalue weighted by Gasteiger charge is -2.37. The van der Waals surface area contributed by atoms with Gasteiger partial charge in [-0.15, -0.1) is 11.3 Å². The molecule has 1 fully saturated rings. The number of aryl methyl sites for hydroxylation is 1. The second-order valence-corrected chi connectivity index (χ2v) is 11.3. The third kappa shape index (κ3) is 4.18. The van der Waals surface area contributed by atoms with Gasteiger partial charge in [0.05, 0.1) is 15.6 Å². The second-order valence-electron chi connectivity index (χ2n) is 10.3. The van der Waals surface area contributed by atoms with Crippen molar-refractivity contribution in [1.82, 2.24) is 10.6 Å². The van der Waals surface area contributed by atoms with Crippen molar-refractivity contribution in [2.45, 2.75) is 37.4 Å². The number of ether oxygens (including phenoxy) is 1. The molecule has 2 aliphatic rings. The third-order valence-electron chi connectivity index (χ3n) is 7.79. The highest BCUT2D eigenvalue weighted by Gasteiger charge is 2.49. The van der Waals surface area contributed by atoms with Gasteiger partial charge in [-0.05, 0) is 73.3 Å². The van der Waals surface area contributed by atoms with Crippen LogP contribution in [0.2, 0.25) is 0 Å². The lowest BCUT2D eigenvalue weighted by atomic mass is 9.69. The average Bonchev–Trinajstić information content (AvgIpc) is 3.60. The van der Waals surface area contributed by atoms with E-state index >= 15 is 0 Å². The first-order valence-corrected chi connectivity index (χ1v) is 13.9. The molecule has 1 amide bonds. The van der Waals surface area contributed by atoms with Crippen molar-refractivity contribution < 1.29 is 14.3 Å². The monoisotopic (exact) mass is 541 g/mol. The van der Waals surface area contributed by atoms with Gasteiger partial charge in [0.25, 0.3) is 5.91 Å². The summed E-state index contributed by atoms with van der Waals surface area (Å²) >= 11 is 1.26. The zero-order valence-electron chi connectivity index (χ0n) is 21.6. The number of hydrogen-bond acceptors (Lipinski definition) is 8. The number of carbonyl (C=O) groups excluding carboxylic acids is 2. The van der Waals surface area contributed by atoms with Gasteiger partial charge in [-0.25, -0.2) is 0 Å². The van der Waals surface area contributed by atoms with E-state index in [1.54, 1.807) is 18.2 Å². The highest BCUT2D eigenvalue weighted by molar-refractivity contribution is 7.21. The zero-order chi connectivity index (χ0) is 27.3. The van der Waals surface area contributed by atoms with Gasteiger partial charge in [0.1, 0.15) is 17.0 Å². The van der Waals surface area contributed by atoms with Crippen LogP contribution in [0.15, 0.2) is 60.7 Å². The molecular formula is C30H31N5O3S. The average molecular weight is 542 g/mol. The Morgan fingerprint density at radius 2 is 1.90 bits per heavy atom. The topological polar surface area (TPSA) is 145 Å². The van der Waals surface area contributed by atoms with Crippen LogP contribution in [0.1, 0.15) is 50.8 Å². The first-order chi connectivity index (χ1) is 18.8. The van der Waals surface area contributed by atoms with Gasteiger partial charge in [-0.3, -0.25) is 9.59 Å². The van der Waals surface area contributed by atoms with Gasteiger partial charge in [0.2, 0.25) is 0 Å². The first-order valence-electron chi connectivity index (χ1n) is 13.1. The Morgan fingerprint density at radius 1 is 1.13 bits per heavy atom. The van der Waals surface area contributed by atoms with E-state index in [1.807, 2.05) is 49.4 Å². The number of amides is 1. The summed E-state index contributed by atoms with van der Waals surface area (Å²) in [4.78, 5) is 27.8. The number of ketones is 1. The van der Waals surface area contributed by atoms with Crippen molar-refractivity contribution in [2.24, 2.45) is 11.5 Å². The molecule has 3 aromatic carbocycles. The molecule has 0 spiro atoms. The summed E-state index contributed by atoms with van der Waals surface area (Å²) in [6, 6.07) is 17.7. The summed E-state index contributed by atoms with van der Waals surface area (Å²) in [6.45, 7) is 3.36. The van der Waals surface area contributed by atoms with Gasteiger partial charge >= 0.3 is 0 Å². The molecule has 3 atom stereocenters. The molecule has 1 aliphatic carbocycles. The van der Waals surface area contributed by atoms with E-state index in [9.17, 15) is 9.59 Å². The number of Topliss-reactive ketones (excluding diaryl/α,β-unsaturated/α-hetero) is 1. The molecule has 8 N–H and O–H groups in total. The number of rotatable bonds is 6. The third-order valence-corrected chi connectivity index (χ3v) is 9.05. The number of thiophene rings is 1. The first kappa shape index (κ1) is 25.5. The lowest BCUT2D eigenvalue weighted by Crippen LogP contribution is -2.53. The zero-order valence-corrected chi connectivity index (χ0v) is 22.4. The van der Waals surface area contributed by atoms with Crippen LogP contribution in [0.25, 0.3) is 10.1 Å². The fraction of sp³-hybridized carbons (Fsp3) is 0.267. The Balaban J connectivity index is 1.42. The van der Waals surface area contributed by atoms with E-state index in [2.05, 4.69) is 10.6 Å². The van der Waals surface area contributed by atoms with Crippen molar-refractivity contribution in [2.75, 3.05) is 18.8 Å². The van der Waals surface area contributed by atoms with Gasteiger partial charge in [-0.1, -0.05) is 30.3 Å². The Morgan fingerprint density at radius 3 is 2.62 bits per heavy atom. The second kappa shape index (κ2) is 9.77. The van der Waals surface area contributed by atoms with Gasteiger partial charge < -0.3 is 32.6 Å². The van der Waals surface area contributed by atoms with E-state index in [-0.39, 0.29) is 17.7 Å². The molecule has 1 aromatic heterocycles. The standard InChI is InChI=1S/C30H31N5O3S/c1-16-14-19(38-18-7-3-2-4-8-18)9-10-20(16)30(33)21-11-12-22(31)26-23(21)24(25(32)28(30)36)27(39-26)29(37)35-15-17-6-5-13-34-17/h2-4,7-12,14,17,25,34H,5-6,13,15,31-33H2,1H3,(H,35,37). The Bertz CT molecular complexity index is 1600. The molecular weight excluding hydrogens is 510 g/mol. The summed E-state index contributed by atoms with van der Waals surface area (Å²) in [7, 11) is 0. The van der Waals surface area contributed by atoms with Gasteiger partial charge in [0, 0.05) is 29.2 Å². The minimum absolute atomic E-state index is 0.240. The number of carbonyl (C=O) groups is 2. The van der Waals surface area contributed by atoms with Crippen LogP contribution in [0.3, 0.4) is 0 Å². The number of nitrogens with one attached hydrogen (secondary N) is 2. The molecule has 0 bridgehead atoms. The molecule has 1 aliphatic heterocycles. The van der Waals surface area contributed by atoms with Crippen LogP contribution >= 0.6 is 11.3 Å². The summed E-state index contributed by atoms with van der Waals surface area (Å²) in [5, 5.41) is 7.10. The van der Waals surface area contributed by atoms with E-state index in [4.69, 9.17) is 21.9 Å². The molecule has 2 heterocycles. The maximum Gasteiger partial charge on any atom is 0.261 e. The van der Waals surface area contributed by atoms with Crippen LogP contribution < -0.4 is 32.6 Å². The molecule has 9 heteroatoms. The minimum Gasteiger partial charge on any atom is -0.457 e. The van der Waals surface area contributed by atoms with Crippen molar-refractivity contribution in [3.63, 3.8) is 0 Å². The fourth-order valence-corrected chi connectivity index (χ4v) is 7.04. The summed E-state index contributed by atoms with van der Waals surface area (Å²) in [5.74, 6) is 0.718. The van der Waals surface area contributed by atoms with E-state index < -0.39 is 11.6 Å². The largest absolute Gasteiger partial charge is 0.457 e. The lowest BCUT2D eigenvalue weighted by molar-refractivity contribution is -0.124. The molecule has 200 valence electrons. The summed E-state index contributed by atoms with van der Waals surface area (Å²) < 4.78 is 6.70. The number of nitrogen functional groups attached to an aromatic ring is 1. The van der Waals surface area contributed by atoms with Crippen LogP contribution in [0, 0.1) is 6.92 Å².